The molecule has 2 aromatic heterocycles. The molecule has 136 valence electrons. The van der Waals surface area contributed by atoms with Crippen LogP contribution in [-0.4, -0.2) is 22.4 Å². The summed E-state index contributed by atoms with van der Waals surface area (Å²) in [6.45, 7) is 4.12. The Morgan fingerprint density at radius 3 is 2.56 bits per heavy atom. The van der Waals surface area contributed by atoms with Crippen molar-refractivity contribution in [2.24, 2.45) is 5.92 Å². The standard InChI is InChI=1S/C23H22N2O2/c1-15(2)11-18(26)14-27-23-10-8-17(13-24-23)16-7-9-20-19-5-3-4-6-21(19)25-22(20)12-16/h3-10,12-13,15,25H,11,14H2,1-2H3. The second-order valence-corrected chi connectivity index (χ2v) is 7.24. The van der Waals surface area contributed by atoms with Crippen LogP contribution in [0.3, 0.4) is 0 Å². The minimum absolute atomic E-state index is 0.0750. The van der Waals surface area contributed by atoms with E-state index in [1.54, 1.807) is 6.20 Å². The lowest BCUT2D eigenvalue weighted by atomic mass is 10.1. The number of pyridine rings is 1. The number of Topliss-reactive ketones (excluding diaryl/α,β-unsaturated/α-hetero) is 1. The number of H-pyrrole nitrogens is 1. The van der Waals surface area contributed by atoms with E-state index in [1.807, 2.05) is 32.0 Å². The number of hydrogen-bond acceptors (Lipinski definition) is 3. The summed E-state index contributed by atoms with van der Waals surface area (Å²) in [5, 5.41) is 2.44. The van der Waals surface area contributed by atoms with E-state index in [-0.39, 0.29) is 12.4 Å². The normalized spacial score (nSPS) is 11.4. The molecule has 27 heavy (non-hydrogen) atoms. The molecule has 0 aliphatic heterocycles. The van der Waals surface area contributed by atoms with Gasteiger partial charge in [0.1, 0.15) is 6.61 Å². The van der Waals surface area contributed by atoms with Gasteiger partial charge in [0.25, 0.3) is 0 Å². The van der Waals surface area contributed by atoms with Crippen LogP contribution in [0.4, 0.5) is 0 Å². The zero-order valence-corrected chi connectivity index (χ0v) is 15.5. The van der Waals surface area contributed by atoms with E-state index in [1.165, 1.54) is 10.8 Å². The molecular formula is C23H22N2O2. The molecule has 0 saturated heterocycles. The largest absolute Gasteiger partial charge is 0.470 e. The van der Waals surface area contributed by atoms with E-state index in [9.17, 15) is 4.79 Å². The topological polar surface area (TPSA) is 55.0 Å². The summed E-state index contributed by atoms with van der Waals surface area (Å²) in [6.07, 6.45) is 2.31. The summed E-state index contributed by atoms with van der Waals surface area (Å²) < 4.78 is 5.50. The molecule has 1 N–H and O–H groups in total. The Balaban J connectivity index is 1.53. The molecule has 0 aliphatic carbocycles. The van der Waals surface area contributed by atoms with Crippen molar-refractivity contribution in [1.29, 1.82) is 0 Å². The summed E-state index contributed by atoms with van der Waals surface area (Å²) in [7, 11) is 0. The number of nitrogens with zero attached hydrogens (tertiary/aromatic N) is 1. The monoisotopic (exact) mass is 358 g/mol. The molecule has 0 bridgehead atoms. The third-order valence-electron chi connectivity index (χ3n) is 4.59. The molecule has 4 aromatic rings. The summed E-state index contributed by atoms with van der Waals surface area (Å²) in [5.74, 6) is 0.915. The van der Waals surface area contributed by atoms with Crippen molar-refractivity contribution in [2.45, 2.75) is 20.3 Å². The van der Waals surface area contributed by atoms with Crippen molar-refractivity contribution in [1.82, 2.24) is 9.97 Å². The number of para-hydroxylation sites is 1. The second kappa shape index (κ2) is 7.23. The van der Waals surface area contributed by atoms with Crippen LogP contribution in [0.2, 0.25) is 0 Å². The van der Waals surface area contributed by atoms with Crippen molar-refractivity contribution in [3.63, 3.8) is 0 Å². The van der Waals surface area contributed by atoms with E-state index in [2.05, 4.69) is 46.4 Å². The Morgan fingerprint density at radius 2 is 1.78 bits per heavy atom. The van der Waals surface area contributed by atoms with Crippen LogP contribution >= 0.6 is 0 Å². The van der Waals surface area contributed by atoms with Gasteiger partial charge in [-0.05, 0) is 29.7 Å². The van der Waals surface area contributed by atoms with Crippen LogP contribution in [0, 0.1) is 5.92 Å². The first kappa shape index (κ1) is 17.3. The fourth-order valence-electron chi connectivity index (χ4n) is 3.34. The number of carbonyl (C=O) groups excluding carboxylic acids is 1. The maximum absolute atomic E-state index is 11.8. The smallest absolute Gasteiger partial charge is 0.213 e. The van der Waals surface area contributed by atoms with E-state index in [0.29, 0.717) is 18.2 Å². The van der Waals surface area contributed by atoms with Gasteiger partial charge in [-0.25, -0.2) is 4.98 Å². The van der Waals surface area contributed by atoms with Gasteiger partial charge in [0, 0.05) is 46.1 Å². The molecule has 0 saturated carbocycles. The highest BCUT2D eigenvalue weighted by atomic mass is 16.5. The molecule has 0 fully saturated rings. The molecule has 0 unspecified atom stereocenters. The Morgan fingerprint density at radius 1 is 1.00 bits per heavy atom. The lowest BCUT2D eigenvalue weighted by Crippen LogP contribution is -2.13. The highest BCUT2D eigenvalue weighted by molar-refractivity contribution is 6.08. The molecular weight excluding hydrogens is 336 g/mol. The molecule has 0 spiro atoms. The molecule has 4 rings (SSSR count). The first-order chi connectivity index (χ1) is 13.1. The minimum atomic E-state index is 0.0750. The average Bonchev–Trinajstić information content (AvgIpc) is 3.04. The first-order valence-corrected chi connectivity index (χ1v) is 9.21. The number of fused-ring (bicyclic) bond motifs is 3. The molecule has 4 nitrogen and oxygen atoms in total. The fourth-order valence-corrected chi connectivity index (χ4v) is 3.34. The molecule has 0 aliphatic rings. The Labute approximate surface area is 158 Å². The Hall–Kier alpha value is -3.14. The number of ether oxygens (including phenoxy) is 1. The number of carbonyl (C=O) groups is 1. The van der Waals surface area contributed by atoms with Crippen LogP contribution in [-0.2, 0) is 4.79 Å². The van der Waals surface area contributed by atoms with Gasteiger partial charge in [-0.1, -0.05) is 44.2 Å². The van der Waals surface area contributed by atoms with Gasteiger partial charge in [0.05, 0.1) is 0 Å². The van der Waals surface area contributed by atoms with Gasteiger partial charge < -0.3 is 9.72 Å². The third kappa shape index (κ3) is 3.70. The number of aromatic nitrogens is 2. The molecule has 0 radical (unpaired) electrons. The molecule has 2 aromatic carbocycles. The maximum atomic E-state index is 11.8. The van der Waals surface area contributed by atoms with E-state index in [4.69, 9.17) is 4.74 Å². The lowest BCUT2D eigenvalue weighted by molar-refractivity contribution is -0.121. The number of benzene rings is 2. The molecule has 4 heteroatoms. The van der Waals surface area contributed by atoms with Gasteiger partial charge in [0.2, 0.25) is 5.88 Å². The van der Waals surface area contributed by atoms with Crippen LogP contribution in [0.15, 0.2) is 60.8 Å². The van der Waals surface area contributed by atoms with Gasteiger partial charge in [-0.15, -0.1) is 0 Å². The third-order valence-corrected chi connectivity index (χ3v) is 4.59. The fraction of sp³-hybridized carbons (Fsp3) is 0.217. The van der Waals surface area contributed by atoms with Crippen LogP contribution in [0.5, 0.6) is 5.88 Å². The number of hydrogen-bond donors (Lipinski definition) is 1. The minimum Gasteiger partial charge on any atom is -0.470 e. The number of aromatic amines is 1. The maximum Gasteiger partial charge on any atom is 0.213 e. The van der Waals surface area contributed by atoms with Gasteiger partial charge in [0.15, 0.2) is 5.78 Å². The van der Waals surface area contributed by atoms with E-state index < -0.39 is 0 Å². The zero-order valence-electron chi connectivity index (χ0n) is 15.5. The highest BCUT2D eigenvalue weighted by Gasteiger charge is 2.08. The molecule has 2 heterocycles. The first-order valence-electron chi connectivity index (χ1n) is 9.21. The number of nitrogens with one attached hydrogen (secondary N) is 1. The Kier molecular flexibility index (Phi) is 4.63. The van der Waals surface area contributed by atoms with Gasteiger partial charge in [-0.3, -0.25) is 4.79 Å². The highest BCUT2D eigenvalue weighted by Crippen LogP contribution is 2.29. The van der Waals surface area contributed by atoms with Crippen LogP contribution < -0.4 is 4.74 Å². The number of ketones is 1. The lowest BCUT2D eigenvalue weighted by Gasteiger charge is -2.07. The van der Waals surface area contributed by atoms with Crippen molar-refractivity contribution < 1.29 is 9.53 Å². The summed E-state index contributed by atoms with van der Waals surface area (Å²) >= 11 is 0. The van der Waals surface area contributed by atoms with E-state index in [0.717, 1.165) is 22.2 Å². The van der Waals surface area contributed by atoms with Gasteiger partial charge >= 0.3 is 0 Å². The van der Waals surface area contributed by atoms with E-state index >= 15 is 0 Å². The van der Waals surface area contributed by atoms with Crippen LogP contribution in [0.1, 0.15) is 20.3 Å². The summed E-state index contributed by atoms with van der Waals surface area (Å²) in [4.78, 5) is 19.6. The van der Waals surface area contributed by atoms with Crippen molar-refractivity contribution >= 4 is 27.6 Å². The zero-order chi connectivity index (χ0) is 18.8. The van der Waals surface area contributed by atoms with Crippen molar-refractivity contribution in [3.05, 3.63) is 60.8 Å². The number of rotatable bonds is 6. The van der Waals surface area contributed by atoms with Crippen LogP contribution in [0.25, 0.3) is 32.9 Å². The van der Waals surface area contributed by atoms with Crippen molar-refractivity contribution in [2.75, 3.05) is 6.61 Å². The van der Waals surface area contributed by atoms with Crippen molar-refractivity contribution in [3.8, 4) is 17.0 Å². The van der Waals surface area contributed by atoms with Gasteiger partial charge in [-0.2, -0.15) is 0 Å². The molecule has 0 atom stereocenters. The summed E-state index contributed by atoms with van der Waals surface area (Å²) in [6, 6.07) is 18.5. The second-order valence-electron chi connectivity index (χ2n) is 7.24. The predicted octanol–water partition coefficient (Wildman–Crippen LogP) is 5.38. The quantitative estimate of drug-likeness (QED) is 0.504. The predicted molar refractivity (Wildman–Crippen MR) is 109 cm³/mol. The summed E-state index contributed by atoms with van der Waals surface area (Å²) in [5.41, 5.74) is 4.34. The molecule has 0 amide bonds. The Bertz CT molecular complexity index is 1090. The SMILES string of the molecule is CC(C)CC(=O)COc1ccc(-c2ccc3c(c2)[nH]c2ccccc23)cn1. The average molecular weight is 358 g/mol.